The van der Waals surface area contributed by atoms with Crippen LogP contribution in [-0.2, 0) is 41.7 Å². The highest BCUT2D eigenvalue weighted by atomic mass is 16.5. The molecular weight excluding hydrogens is 588 g/mol. The second-order valence-corrected chi connectivity index (χ2v) is 11.7. The second-order valence-electron chi connectivity index (χ2n) is 11.7. The fourth-order valence-electron chi connectivity index (χ4n) is 5.16. The maximum Gasteiger partial charge on any atom is 0.408 e. The number of hydrogen-bond acceptors (Lipinski definition) is 7. The molecule has 4 atom stereocenters. The second kappa shape index (κ2) is 19.0. The normalized spacial score (nSPS) is 16.5. The van der Waals surface area contributed by atoms with Crippen molar-refractivity contribution in [3.8, 4) is 0 Å². The lowest BCUT2D eigenvalue weighted by atomic mass is 9.91. The molecule has 4 amide bonds. The molecule has 0 aromatic heterocycles. The summed E-state index contributed by atoms with van der Waals surface area (Å²) in [6.07, 6.45) is 4.22. The number of ether oxygens (including phenoxy) is 2. The summed E-state index contributed by atoms with van der Waals surface area (Å²) >= 11 is 0. The molecule has 1 aliphatic heterocycles. The van der Waals surface area contributed by atoms with Gasteiger partial charge in [0.05, 0.1) is 6.61 Å². The van der Waals surface area contributed by atoms with Gasteiger partial charge in [-0.2, -0.15) is 0 Å². The lowest BCUT2D eigenvalue weighted by Gasteiger charge is -2.28. The van der Waals surface area contributed by atoms with Crippen molar-refractivity contribution in [2.45, 2.75) is 77.6 Å². The predicted octanol–water partition coefficient (Wildman–Crippen LogP) is 3.58. The fraction of sp³-hybridized carbons (Fsp3) is 0.457. The summed E-state index contributed by atoms with van der Waals surface area (Å²) in [5.74, 6) is -2.01. The number of amides is 4. The highest BCUT2D eigenvalue weighted by Gasteiger charge is 2.31. The fourth-order valence-corrected chi connectivity index (χ4v) is 5.16. The third-order valence-electron chi connectivity index (χ3n) is 7.46. The zero-order valence-electron chi connectivity index (χ0n) is 26.8. The number of carbonyl (C=O) groups is 5. The lowest BCUT2D eigenvalue weighted by molar-refractivity contribution is -0.137. The number of nitrogens with one attached hydrogen (secondary N) is 4. The molecule has 1 heterocycles. The van der Waals surface area contributed by atoms with E-state index >= 15 is 0 Å². The van der Waals surface area contributed by atoms with Gasteiger partial charge in [-0.05, 0) is 49.7 Å². The van der Waals surface area contributed by atoms with Crippen LogP contribution in [0.25, 0.3) is 0 Å². The van der Waals surface area contributed by atoms with Crippen LogP contribution in [0.5, 0.6) is 0 Å². The molecule has 0 unspecified atom stereocenters. The van der Waals surface area contributed by atoms with Gasteiger partial charge in [0.1, 0.15) is 18.7 Å². The third-order valence-corrected chi connectivity index (χ3v) is 7.46. The molecule has 11 nitrogen and oxygen atoms in total. The first-order valence-electron chi connectivity index (χ1n) is 15.9. The van der Waals surface area contributed by atoms with Gasteiger partial charge in [-0.25, -0.2) is 9.59 Å². The molecule has 0 spiro atoms. The van der Waals surface area contributed by atoms with Gasteiger partial charge in [0.2, 0.25) is 17.7 Å². The zero-order chi connectivity index (χ0) is 33.3. The van der Waals surface area contributed by atoms with Gasteiger partial charge in [0.25, 0.3) is 0 Å². The van der Waals surface area contributed by atoms with Gasteiger partial charge in [-0.3, -0.25) is 14.4 Å². The molecule has 11 heteroatoms. The van der Waals surface area contributed by atoms with Crippen LogP contribution in [-0.4, -0.2) is 61.1 Å². The molecule has 1 fully saturated rings. The topological polar surface area (TPSA) is 152 Å². The first kappa shape index (κ1) is 35.8. The van der Waals surface area contributed by atoms with Crippen LogP contribution in [0.3, 0.4) is 0 Å². The largest absolute Gasteiger partial charge is 0.463 e. The van der Waals surface area contributed by atoms with Crippen molar-refractivity contribution in [2.24, 2.45) is 11.8 Å². The Kier molecular flexibility index (Phi) is 14.8. The minimum Gasteiger partial charge on any atom is -0.463 e. The van der Waals surface area contributed by atoms with Crippen LogP contribution in [0, 0.1) is 11.8 Å². The Morgan fingerprint density at radius 2 is 1.54 bits per heavy atom. The van der Waals surface area contributed by atoms with Gasteiger partial charge >= 0.3 is 12.1 Å². The molecule has 46 heavy (non-hydrogen) atoms. The van der Waals surface area contributed by atoms with Crippen molar-refractivity contribution in [1.82, 2.24) is 21.3 Å². The first-order chi connectivity index (χ1) is 22.1. The molecule has 4 N–H and O–H groups in total. The van der Waals surface area contributed by atoms with E-state index in [4.69, 9.17) is 9.47 Å². The van der Waals surface area contributed by atoms with E-state index in [1.807, 2.05) is 74.5 Å². The molecule has 0 saturated carbocycles. The predicted molar refractivity (Wildman–Crippen MR) is 173 cm³/mol. The van der Waals surface area contributed by atoms with Gasteiger partial charge in [0, 0.05) is 31.0 Å². The van der Waals surface area contributed by atoms with Gasteiger partial charge in [0.15, 0.2) is 0 Å². The average molecular weight is 635 g/mol. The summed E-state index contributed by atoms with van der Waals surface area (Å²) in [6, 6.07) is 15.8. The monoisotopic (exact) mass is 634 g/mol. The van der Waals surface area contributed by atoms with Gasteiger partial charge < -0.3 is 30.7 Å². The summed E-state index contributed by atoms with van der Waals surface area (Å²) in [6.45, 7) is 6.38. The van der Waals surface area contributed by atoms with E-state index in [-0.39, 0.29) is 43.8 Å². The van der Waals surface area contributed by atoms with E-state index in [0.717, 1.165) is 17.5 Å². The van der Waals surface area contributed by atoms with Gasteiger partial charge in [-0.15, -0.1) is 0 Å². The van der Waals surface area contributed by atoms with Crippen LogP contribution >= 0.6 is 0 Å². The van der Waals surface area contributed by atoms with Crippen molar-refractivity contribution < 1.29 is 33.4 Å². The number of piperidine rings is 1. The summed E-state index contributed by atoms with van der Waals surface area (Å²) in [5, 5.41) is 11.3. The van der Waals surface area contributed by atoms with Crippen molar-refractivity contribution in [1.29, 1.82) is 0 Å². The Labute approximate surface area is 270 Å². The van der Waals surface area contributed by atoms with Crippen LogP contribution in [0.4, 0.5) is 4.79 Å². The minimum atomic E-state index is -1.02. The van der Waals surface area contributed by atoms with Crippen molar-refractivity contribution >= 4 is 29.8 Å². The number of hydrogen-bond donors (Lipinski definition) is 4. The smallest absolute Gasteiger partial charge is 0.408 e. The van der Waals surface area contributed by atoms with E-state index in [1.54, 1.807) is 6.92 Å². The summed E-state index contributed by atoms with van der Waals surface area (Å²) in [7, 11) is 0. The van der Waals surface area contributed by atoms with E-state index in [0.29, 0.717) is 19.4 Å². The van der Waals surface area contributed by atoms with Crippen LogP contribution < -0.4 is 21.3 Å². The third kappa shape index (κ3) is 12.7. The molecule has 1 aliphatic rings. The highest BCUT2D eigenvalue weighted by molar-refractivity contribution is 5.92. The first-order valence-corrected chi connectivity index (χ1v) is 15.9. The molecule has 0 bridgehead atoms. The maximum atomic E-state index is 13.8. The Bertz CT molecular complexity index is 1320. The number of esters is 1. The Hall–Kier alpha value is -4.67. The van der Waals surface area contributed by atoms with E-state index in [1.165, 1.54) is 12.2 Å². The quantitative estimate of drug-likeness (QED) is 0.163. The summed E-state index contributed by atoms with van der Waals surface area (Å²) < 4.78 is 10.3. The molecule has 0 radical (unpaired) electrons. The minimum absolute atomic E-state index is 0.0431. The lowest BCUT2D eigenvalue weighted by Crippen LogP contribution is -2.56. The van der Waals surface area contributed by atoms with Gasteiger partial charge in [-0.1, -0.05) is 80.6 Å². The number of carbonyl (C=O) groups excluding carboxylic acids is 5. The highest BCUT2D eigenvalue weighted by Crippen LogP contribution is 2.19. The molecular formula is C35H46N4O7. The number of rotatable bonds is 16. The molecule has 2 aromatic carbocycles. The molecule has 2 aromatic rings. The molecule has 248 valence electrons. The molecule has 3 rings (SSSR count). The van der Waals surface area contributed by atoms with E-state index in [2.05, 4.69) is 21.3 Å². The van der Waals surface area contributed by atoms with Crippen LogP contribution in [0.2, 0.25) is 0 Å². The van der Waals surface area contributed by atoms with Crippen molar-refractivity contribution in [2.75, 3.05) is 13.2 Å². The molecule has 1 saturated heterocycles. The Morgan fingerprint density at radius 3 is 2.17 bits per heavy atom. The van der Waals surface area contributed by atoms with E-state index < -0.39 is 42.0 Å². The maximum absolute atomic E-state index is 13.8. The van der Waals surface area contributed by atoms with Crippen LogP contribution in [0.1, 0.15) is 57.6 Å². The zero-order valence-corrected chi connectivity index (χ0v) is 26.8. The number of alkyl carbamates (subject to hydrolysis) is 1. The SMILES string of the molecule is CCOC(=O)C=C[C@H](C[C@@H]1CCCNC1=O)NC(=O)[C@H](Cc1ccccc1)NC(=O)[C@H](CC(C)C)NC(=O)OCc1ccccc1. The summed E-state index contributed by atoms with van der Waals surface area (Å²) in [4.78, 5) is 64.7. The standard InChI is InChI=1S/C35H46N4O7/c1-4-45-31(40)18-17-28(22-27-16-11-19-36-32(27)41)37-33(42)30(21-25-12-7-5-8-13-25)38-34(43)29(20-24(2)3)39-35(44)46-23-26-14-9-6-10-15-26/h5-10,12-15,17-18,24,27-30H,4,11,16,19-23H2,1-3H3,(H,36,41)(H,37,42)(H,38,43)(H,39,44)/t27-,28+,29-,30-/m0/s1. The van der Waals surface area contributed by atoms with Crippen molar-refractivity contribution in [3.63, 3.8) is 0 Å². The van der Waals surface area contributed by atoms with Crippen LogP contribution in [0.15, 0.2) is 72.8 Å². The molecule has 0 aliphatic carbocycles. The van der Waals surface area contributed by atoms with Crippen molar-refractivity contribution in [3.05, 3.63) is 83.9 Å². The number of benzene rings is 2. The average Bonchev–Trinajstić information content (AvgIpc) is 3.04. The Balaban J connectivity index is 1.77. The summed E-state index contributed by atoms with van der Waals surface area (Å²) in [5.41, 5.74) is 1.61. The Morgan fingerprint density at radius 1 is 0.891 bits per heavy atom. The van der Waals surface area contributed by atoms with E-state index in [9.17, 15) is 24.0 Å².